The predicted molar refractivity (Wildman–Crippen MR) is 115 cm³/mol. The normalized spacial score (nSPS) is 10.5. The number of ether oxygens (including phenoxy) is 2. The van der Waals surface area contributed by atoms with Crippen molar-refractivity contribution in [2.24, 2.45) is 0 Å². The van der Waals surface area contributed by atoms with Crippen molar-refractivity contribution in [3.63, 3.8) is 0 Å². The molecule has 3 nitrogen and oxygen atoms in total. The lowest BCUT2D eigenvalue weighted by atomic mass is 10.2. The minimum absolute atomic E-state index is 0.483. The van der Waals surface area contributed by atoms with E-state index >= 15 is 0 Å². The molecule has 5 heteroatoms. The van der Waals surface area contributed by atoms with Crippen LogP contribution in [0.15, 0.2) is 71.2 Å². The molecule has 0 aliphatic rings. The smallest absolute Gasteiger partial charge is 0.138 e. The maximum atomic E-state index is 6.38. The van der Waals surface area contributed by atoms with Gasteiger partial charge in [0.1, 0.15) is 18.1 Å². The number of halogens is 2. The van der Waals surface area contributed by atoms with Crippen LogP contribution in [0.1, 0.15) is 18.1 Å². The van der Waals surface area contributed by atoms with Gasteiger partial charge in [-0.15, -0.1) is 0 Å². The molecule has 0 aromatic heterocycles. The zero-order chi connectivity index (χ0) is 19.1. The predicted octanol–water partition coefficient (Wildman–Crippen LogP) is 6.69. The lowest BCUT2D eigenvalue weighted by Crippen LogP contribution is -2.01. The molecule has 1 N–H and O–H groups in total. The van der Waals surface area contributed by atoms with Crippen LogP contribution in [0.4, 0.5) is 5.69 Å². The summed E-state index contributed by atoms with van der Waals surface area (Å²) < 4.78 is 12.3. The Kier molecular flexibility index (Phi) is 7.02. The summed E-state index contributed by atoms with van der Waals surface area (Å²) in [6, 6.07) is 21.8. The van der Waals surface area contributed by atoms with Gasteiger partial charge < -0.3 is 14.8 Å². The van der Waals surface area contributed by atoms with Gasteiger partial charge >= 0.3 is 0 Å². The van der Waals surface area contributed by atoms with Gasteiger partial charge in [0, 0.05) is 16.7 Å². The highest BCUT2D eigenvalue weighted by Crippen LogP contribution is 2.27. The molecule has 0 fully saturated rings. The van der Waals surface area contributed by atoms with Crippen molar-refractivity contribution in [3.8, 4) is 11.5 Å². The fourth-order valence-corrected chi connectivity index (χ4v) is 3.07. The minimum Gasteiger partial charge on any atom is -0.494 e. The van der Waals surface area contributed by atoms with E-state index in [1.54, 1.807) is 0 Å². The topological polar surface area (TPSA) is 30.5 Å². The third-order valence-corrected chi connectivity index (χ3v) is 4.79. The Hall–Kier alpha value is -2.17. The Morgan fingerprint density at radius 2 is 1.59 bits per heavy atom. The summed E-state index contributed by atoms with van der Waals surface area (Å²) in [6.45, 7) is 3.81. The average molecular weight is 447 g/mol. The van der Waals surface area contributed by atoms with Crippen LogP contribution >= 0.6 is 27.5 Å². The van der Waals surface area contributed by atoms with Crippen LogP contribution in [0.25, 0.3) is 0 Å². The molecule has 3 aromatic carbocycles. The third-order valence-electron chi connectivity index (χ3n) is 3.97. The molecule has 0 aliphatic heterocycles. The van der Waals surface area contributed by atoms with Crippen LogP contribution in [0.2, 0.25) is 5.02 Å². The van der Waals surface area contributed by atoms with Gasteiger partial charge in [0.05, 0.1) is 11.6 Å². The monoisotopic (exact) mass is 445 g/mol. The molecule has 0 aliphatic carbocycles. The minimum atomic E-state index is 0.483. The molecular weight excluding hydrogens is 426 g/mol. The van der Waals surface area contributed by atoms with E-state index in [2.05, 4.69) is 21.2 Å². The van der Waals surface area contributed by atoms with E-state index in [9.17, 15) is 0 Å². The summed E-state index contributed by atoms with van der Waals surface area (Å²) in [5, 5.41) is 3.99. The van der Waals surface area contributed by atoms with Gasteiger partial charge in [-0.25, -0.2) is 0 Å². The molecular formula is C22H21BrClNO2. The number of anilines is 1. The summed E-state index contributed by atoms with van der Waals surface area (Å²) in [6.07, 6.45) is 0. The standard InChI is InChI=1S/C22H21BrClNO2/c1-2-26-20-10-8-19(9-11-20)25-14-17-5-12-22(21(24)13-17)27-15-16-3-6-18(23)7-4-16/h3-13,25H,2,14-15H2,1H3. The van der Waals surface area contributed by atoms with Crippen molar-refractivity contribution in [3.05, 3.63) is 87.4 Å². The molecule has 0 unspecified atom stereocenters. The highest BCUT2D eigenvalue weighted by Gasteiger charge is 2.05. The van der Waals surface area contributed by atoms with Gasteiger partial charge in [0.15, 0.2) is 0 Å². The summed E-state index contributed by atoms with van der Waals surface area (Å²) in [5.74, 6) is 1.56. The van der Waals surface area contributed by atoms with E-state index in [0.29, 0.717) is 30.5 Å². The van der Waals surface area contributed by atoms with Gasteiger partial charge in [-0.05, 0) is 66.6 Å². The fourth-order valence-electron chi connectivity index (χ4n) is 2.55. The van der Waals surface area contributed by atoms with Crippen molar-refractivity contribution in [1.82, 2.24) is 0 Å². The van der Waals surface area contributed by atoms with Crippen molar-refractivity contribution in [1.29, 1.82) is 0 Å². The summed E-state index contributed by atoms with van der Waals surface area (Å²) in [7, 11) is 0. The highest BCUT2D eigenvalue weighted by atomic mass is 79.9. The van der Waals surface area contributed by atoms with Crippen LogP contribution in [0.3, 0.4) is 0 Å². The van der Waals surface area contributed by atoms with Crippen LogP contribution in [-0.2, 0) is 13.2 Å². The molecule has 0 amide bonds. The van der Waals surface area contributed by atoms with Gasteiger partial charge in [0.25, 0.3) is 0 Å². The molecule has 3 rings (SSSR count). The van der Waals surface area contributed by atoms with Crippen molar-refractivity contribution in [2.45, 2.75) is 20.1 Å². The zero-order valence-corrected chi connectivity index (χ0v) is 17.4. The van der Waals surface area contributed by atoms with E-state index in [0.717, 1.165) is 27.0 Å². The molecule has 0 atom stereocenters. The maximum Gasteiger partial charge on any atom is 0.138 e. The molecule has 0 heterocycles. The summed E-state index contributed by atoms with van der Waals surface area (Å²) >= 11 is 9.81. The van der Waals surface area contributed by atoms with Gasteiger partial charge in [0.2, 0.25) is 0 Å². The lowest BCUT2D eigenvalue weighted by Gasteiger charge is -2.11. The second-order valence-corrected chi connectivity index (χ2v) is 7.31. The number of nitrogens with one attached hydrogen (secondary N) is 1. The second-order valence-electron chi connectivity index (χ2n) is 5.99. The lowest BCUT2D eigenvalue weighted by molar-refractivity contribution is 0.306. The van der Waals surface area contributed by atoms with Gasteiger partial charge in [-0.2, -0.15) is 0 Å². The van der Waals surface area contributed by atoms with E-state index in [4.69, 9.17) is 21.1 Å². The van der Waals surface area contributed by atoms with Gasteiger partial charge in [-0.1, -0.05) is 45.7 Å². The zero-order valence-electron chi connectivity index (χ0n) is 15.0. The Bertz CT molecular complexity index is 866. The molecule has 0 spiro atoms. The first kappa shape index (κ1) is 19.6. The Labute approximate surface area is 173 Å². The quantitative estimate of drug-likeness (QED) is 0.418. The van der Waals surface area contributed by atoms with Gasteiger partial charge in [-0.3, -0.25) is 0 Å². The molecule has 0 bridgehead atoms. The van der Waals surface area contributed by atoms with E-state index in [1.807, 2.05) is 73.7 Å². The summed E-state index contributed by atoms with van der Waals surface area (Å²) in [4.78, 5) is 0. The van der Waals surface area contributed by atoms with Crippen LogP contribution < -0.4 is 14.8 Å². The van der Waals surface area contributed by atoms with E-state index < -0.39 is 0 Å². The molecule has 0 saturated carbocycles. The second kappa shape index (κ2) is 9.67. The maximum absolute atomic E-state index is 6.38. The van der Waals surface area contributed by atoms with Crippen LogP contribution in [0, 0.1) is 0 Å². The number of rotatable bonds is 8. The Balaban J connectivity index is 1.55. The average Bonchev–Trinajstić information content (AvgIpc) is 2.68. The number of hydrogen-bond acceptors (Lipinski definition) is 3. The highest BCUT2D eigenvalue weighted by molar-refractivity contribution is 9.10. The van der Waals surface area contributed by atoms with E-state index in [1.165, 1.54) is 0 Å². The Morgan fingerprint density at radius 1 is 0.889 bits per heavy atom. The largest absolute Gasteiger partial charge is 0.494 e. The molecule has 27 heavy (non-hydrogen) atoms. The van der Waals surface area contributed by atoms with Crippen molar-refractivity contribution in [2.75, 3.05) is 11.9 Å². The molecule has 0 radical (unpaired) electrons. The molecule has 140 valence electrons. The first-order chi connectivity index (χ1) is 13.1. The Morgan fingerprint density at radius 3 is 2.26 bits per heavy atom. The number of benzene rings is 3. The third kappa shape index (κ3) is 5.91. The molecule has 0 saturated heterocycles. The van der Waals surface area contributed by atoms with Crippen LogP contribution in [-0.4, -0.2) is 6.61 Å². The van der Waals surface area contributed by atoms with Crippen LogP contribution in [0.5, 0.6) is 11.5 Å². The summed E-state index contributed by atoms with van der Waals surface area (Å²) in [5.41, 5.74) is 3.21. The number of hydrogen-bond donors (Lipinski definition) is 1. The van der Waals surface area contributed by atoms with E-state index in [-0.39, 0.29) is 0 Å². The van der Waals surface area contributed by atoms with Crippen molar-refractivity contribution < 1.29 is 9.47 Å². The SMILES string of the molecule is CCOc1ccc(NCc2ccc(OCc3ccc(Br)cc3)c(Cl)c2)cc1. The fraction of sp³-hybridized carbons (Fsp3) is 0.182. The van der Waals surface area contributed by atoms with Crippen molar-refractivity contribution >= 4 is 33.2 Å². The molecule has 3 aromatic rings. The first-order valence-electron chi connectivity index (χ1n) is 8.76. The first-order valence-corrected chi connectivity index (χ1v) is 9.93.